The molecule has 0 amide bonds. The smallest absolute Gasteiger partial charge is 0.0730 e. The highest BCUT2D eigenvalue weighted by Crippen LogP contribution is 1.86. The number of hydrogen-bond acceptors (Lipinski definition) is 2. The van der Waals surface area contributed by atoms with Crippen LogP contribution in [0.4, 0.5) is 0 Å². The summed E-state index contributed by atoms with van der Waals surface area (Å²) < 4.78 is 0. The fraction of sp³-hybridized carbons (Fsp3) is 0.600. The van der Waals surface area contributed by atoms with Gasteiger partial charge in [-0.15, -0.1) is 19.0 Å². The molecule has 0 rings (SSSR count). The molecule has 0 unspecified atom stereocenters. The lowest BCUT2D eigenvalue weighted by Crippen LogP contribution is -2.09. The van der Waals surface area contributed by atoms with Crippen molar-refractivity contribution in [1.29, 1.82) is 0 Å². The van der Waals surface area contributed by atoms with Crippen LogP contribution < -0.4 is 5.73 Å². The van der Waals surface area contributed by atoms with Gasteiger partial charge in [0.25, 0.3) is 0 Å². The Balaban J connectivity index is 0. The van der Waals surface area contributed by atoms with Gasteiger partial charge in [0.15, 0.2) is 0 Å². The van der Waals surface area contributed by atoms with Gasteiger partial charge in [-0.3, -0.25) is 0 Å². The van der Waals surface area contributed by atoms with Crippen molar-refractivity contribution in [2.24, 2.45) is 5.73 Å². The van der Waals surface area contributed by atoms with Crippen molar-refractivity contribution in [3.8, 4) is 0 Å². The van der Waals surface area contributed by atoms with Crippen LogP contribution in [0.15, 0.2) is 12.7 Å². The first-order valence-electron chi connectivity index (χ1n) is 2.32. The molecule has 0 aromatic rings. The Morgan fingerprint density at radius 1 is 1.75 bits per heavy atom. The summed E-state index contributed by atoms with van der Waals surface area (Å²) in [4.78, 5) is 0. The highest BCUT2D eigenvalue weighted by molar-refractivity contribution is 5.85. The molecular formula is C5H12ClNO. The van der Waals surface area contributed by atoms with E-state index in [0.717, 1.165) is 0 Å². The summed E-state index contributed by atoms with van der Waals surface area (Å²) in [6, 6.07) is 0. The Morgan fingerprint density at radius 2 is 2.25 bits per heavy atom. The van der Waals surface area contributed by atoms with E-state index in [-0.39, 0.29) is 12.4 Å². The highest BCUT2D eigenvalue weighted by atomic mass is 35.5. The van der Waals surface area contributed by atoms with E-state index >= 15 is 0 Å². The third-order valence-corrected chi connectivity index (χ3v) is 0.735. The van der Waals surface area contributed by atoms with Crippen LogP contribution in [0.25, 0.3) is 0 Å². The number of hydrogen-bond donors (Lipinski definition) is 2. The lowest BCUT2D eigenvalue weighted by molar-refractivity contribution is 0.216. The molecule has 1 atom stereocenters. The van der Waals surface area contributed by atoms with Crippen LogP contribution in [0.3, 0.4) is 0 Å². The Hall–Kier alpha value is -0.0500. The molecule has 0 bridgehead atoms. The Labute approximate surface area is 55.8 Å². The van der Waals surface area contributed by atoms with E-state index in [0.29, 0.717) is 13.0 Å². The van der Waals surface area contributed by atoms with E-state index in [9.17, 15) is 0 Å². The standard InChI is InChI=1S/C5H11NO.ClH/c1-2-5(7)3-4-6;/h2,5,7H,1,3-4,6H2;1H/t5-;/m1./s1. The molecule has 0 aliphatic rings. The first-order valence-corrected chi connectivity index (χ1v) is 2.32. The van der Waals surface area contributed by atoms with Gasteiger partial charge in [-0.1, -0.05) is 6.08 Å². The van der Waals surface area contributed by atoms with Gasteiger partial charge in [-0.25, -0.2) is 0 Å². The minimum absolute atomic E-state index is 0. The van der Waals surface area contributed by atoms with Crippen LogP contribution in [0.1, 0.15) is 6.42 Å². The summed E-state index contributed by atoms with van der Waals surface area (Å²) in [5.41, 5.74) is 5.10. The molecule has 0 fully saturated rings. The monoisotopic (exact) mass is 137 g/mol. The predicted molar refractivity (Wildman–Crippen MR) is 37.1 cm³/mol. The predicted octanol–water partition coefficient (Wildman–Crippen LogP) is 0.304. The zero-order chi connectivity index (χ0) is 5.70. The fourth-order valence-electron chi connectivity index (χ4n) is 0.289. The topological polar surface area (TPSA) is 46.2 Å². The molecule has 0 heterocycles. The molecule has 0 aliphatic carbocycles. The van der Waals surface area contributed by atoms with Crippen LogP contribution in [0, 0.1) is 0 Å². The average molecular weight is 138 g/mol. The number of rotatable bonds is 3. The van der Waals surface area contributed by atoms with Crippen LogP contribution in [-0.4, -0.2) is 17.8 Å². The van der Waals surface area contributed by atoms with E-state index in [1.54, 1.807) is 0 Å². The van der Waals surface area contributed by atoms with E-state index in [1.807, 2.05) is 0 Å². The van der Waals surface area contributed by atoms with Gasteiger partial charge in [-0.2, -0.15) is 0 Å². The quantitative estimate of drug-likeness (QED) is 0.550. The second kappa shape index (κ2) is 6.95. The molecule has 0 saturated carbocycles. The summed E-state index contributed by atoms with van der Waals surface area (Å²) >= 11 is 0. The Morgan fingerprint density at radius 3 is 2.38 bits per heavy atom. The zero-order valence-corrected chi connectivity index (χ0v) is 5.53. The maximum atomic E-state index is 8.66. The summed E-state index contributed by atoms with van der Waals surface area (Å²) in [5, 5.41) is 8.66. The Kier molecular flexibility index (Phi) is 9.42. The number of nitrogens with two attached hydrogens (primary N) is 1. The lowest BCUT2D eigenvalue weighted by Gasteiger charge is -1.98. The van der Waals surface area contributed by atoms with Gasteiger partial charge in [0, 0.05) is 0 Å². The van der Waals surface area contributed by atoms with Crippen molar-refractivity contribution in [2.45, 2.75) is 12.5 Å². The molecule has 3 N–H and O–H groups in total. The van der Waals surface area contributed by atoms with Crippen LogP contribution in [0.5, 0.6) is 0 Å². The SMILES string of the molecule is C=C[C@@H](O)CCN.Cl. The molecule has 0 aromatic heterocycles. The van der Waals surface area contributed by atoms with Crippen molar-refractivity contribution in [2.75, 3.05) is 6.54 Å². The van der Waals surface area contributed by atoms with Gasteiger partial charge in [0.1, 0.15) is 0 Å². The molecule has 0 spiro atoms. The lowest BCUT2D eigenvalue weighted by atomic mass is 10.2. The summed E-state index contributed by atoms with van der Waals surface area (Å²) in [5.74, 6) is 0. The summed E-state index contributed by atoms with van der Waals surface area (Å²) in [6.45, 7) is 3.89. The number of aliphatic hydroxyl groups excluding tert-OH is 1. The third-order valence-electron chi connectivity index (χ3n) is 0.735. The minimum Gasteiger partial charge on any atom is -0.389 e. The van der Waals surface area contributed by atoms with Crippen molar-refractivity contribution in [3.63, 3.8) is 0 Å². The summed E-state index contributed by atoms with van der Waals surface area (Å²) in [6.07, 6.45) is 1.68. The van der Waals surface area contributed by atoms with E-state index in [4.69, 9.17) is 10.8 Å². The van der Waals surface area contributed by atoms with Crippen molar-refractivity contribution in [3.05, 3.63) is 12.7 Å². The van der Waals surface area contributed by atoms with E-state index < -0.39 is 6.10 Å². The van der Waals surface area contributed by atoms with Gasteiger partial charge in [0.2, 0.25) is 0 Å². The molecule has 0 aliphatic heterocycles. The molecule has 0 aromatic carbocycles. The van der Waals surface area contributed by atoms with Crippen molar-refractivity contribution < 1.29 is 5.11 Å². The molecule has 50 valence electrons. The normalized spacial score (nSPS) is 11.8. The third kappa shape index (κ3) is 5.95. The molecule has 0 radical (unpaired) electrons. The number of halogens is 1. The molecule has 0 saturated heterocycles. The minimum atomic E-state index is -0.412. The highest BCUT2D eigenvalue weighted by Gasteiger charge is 1.91. The summed E-state index contributed by atoms with van der Waals surface area (Å²) in [7, 11) is 0. The van der Waals surface area contributed by atoms with Gasteiger partial charge < -0.3 is 10.8 Å². The first kappa shape index (κ1) is 10.8. The molecule has 2 nitrogen and oxygen atoms in total. The second-order valence-electron chi connectivity index (χ2n) is 1.38. The maximum Gasteiger partial charge on any atom is 0.0730 e. The van der Waals surface area contributed by atoms with Gasteiger partial charge >= 0.3 is 0 Å². The van der Waals surface area contributed by atoms with E-state index in [1.165, 1.54) is 6.08 Å². The fourth-order valence-corrected chi connectivity index (χ4v) is 0.289. The number of aliphatic hydroxyl groups is 1. The zero-order valence-electron chi connectivity index (χ0n) is 4.71. The first-order chi connectivity index (χ1) is 3.31. The molecule has 3 heteroatoms. The second-order valence-corrected chi connectivity index (χ2v) is 1.38. The largest absolute Gasteiger partial charge is 0.389 e. The van der Waals surface area contributed by atoms with E-state index in [2.05, 4.69) is 6.58 Å². The Bertz CT molecular complexity index is 58.4. The maximum absolute atomic E-state index is 8.66. The van der Waals surface area contributed by atoms with Gasteiger partial charge in [-0.05, 0) is 13.0 Å². The van der Waals surface area contributed by atoms with Crippen LogP contribution in [0.2, 0.25) is 0 Å². The van der Waals surface area contributed by atoms with Crippen molar-refractivity contribution in [1.82, 2.24) is 0 Å². The van der Waals surface area contributed by atoms with Gasteiger partial charge in [0.05, 0.1) is 6.10 Å². The molecular weight excluding hydrogens is 126 g/mol. The van der Waals surface area contributed by atoms with Crippen molar-refractivity contribution >= 4 is 12.4 Å². The van der Waals surface area contributed by atoms with Crippen LogP contribution in [-0.2, 0) is 0 Å². The van der Waals surface area contributed by atoms with Crippen LogP contribution >= 0.6 is 12.4 Å². The average Bonchev–Trinajstić information content (AvgIpc) is 1.68. The molecule has 8 heavy (non-hydrogen) atoms.